The lowest BCUT2D eigenvalue weighted by Crippen LogP contribution is -2.59. The van der Waals surface area contributed by atoms with Gasteiger partial charge in [0.05, 0.1) is 0 Å². The topological polar surface area (TPSA) is 44.8 Å². The van der Waals surface area contributed by atoms with Crippen molar-refractivity contribution >= 4 is 35.6 Å². The van der Waals surface area contributed by atoms with Crippen LogP contribution in [-0.2, 0) is 9.53 Å². The summed E-state index contributed by atoms with van der Waals surface area (Å²) in [5, 5.41) is 4.04. The van der Waals surface area contributed by atoms with Crippen LogP contribution in [0, 0.1) is 0 Å². The fourth-order valence-electron chi connectivity index (χ4n) is 3.46. The summed E-state index contributed by atoms with van der Waals surface area (Å²) in [5.41, 5.74) is 0.483. The molecule has 1 amide bonds. The Kier molecular flexibility index (Phi) is 6.75. The number of piperazine rings is 1. The Hall–Kier alpha value is -1.01. The number of piperidine rings is 1. The molecule has 0 bridgehead atoms. The number of anilines is 1. The molecule has 24 heavy (non-hydrogen) atoms. The summed E-state index contributed by atoms with van der Waals surface area (Å²) in [6.45, 7) is 4.77. The van der Waals surface area contributed by atoms with E-state index in [2.05, 4.69) is 16.3 Å². The molecule has 0 atom stereocenters. The Balaban J connectivity index is 0.00000208. The third-order valence-electron chi connectivity index (χ3n) is 4.93. The molecule has 7 heteroatoms. The lowest BCUT2D eigenvalue weighted by molar-refractivity contribution is -0.158. The van der Waals surface area contributed by atoms with Crippen molar-refractivity contribution < 1.29 is 9.53 Å². The Morgan fingerprint density at radius 3 is 2.46 bits per heavy atom. The van der Waals surface area contributed by atoms with Crippen LogP contribution in [0.3, 0.4) is 0 Å². The predicted octanol–water partition coefficient (Wildman–Crippen LogP) is 2.18. The Labute approximate surface area is 154 Å². The number of hydrogen-bond acceptors (Lipinski definition) is 4. The number of rotatable bonds is 3. The van der Waals surface area contributed by atoms with Crippen molar-refractivity contribution in [2.75, 3.05) is 51.3 Å². The molecule has 2 aliphatic heterocycles. The van der Waals surface area contributed by atoms with Gasteiger partial charge in [0.15, 0.2) is 0 Å². The van der Waals surface area contributed by atoms with E-state index in [4.69, 9.17) is 16.3 Å². The maximum absolute atomic E-state index is 12.9. The first-order valence-corrected chi connectivity index (χ1v) is 8.58. The van der Waals surface area contributed by atoms with Gasteiger partial charge in [-0.15, -0.1) is 12.4 Å². The van der Waals surface area contributed by atoms with Crippen molar-refractivity contribution in [1.82, 2.24) is 10.2 Å². The maximum atomic E-state index is 12.9. The van der Waals surface area contributed by atoms with E-state index >= 15 is 0 Å². The van der Waals surface area contributed by atoms with Crippen LogP contribution in [-0.4, -0.2) is 62.8 Å². The largest absolute Gasteiger partial charge is 0.368 e. The average molecular weight is 374 g/mol. The normalized spacial score (nSPS) is 20.4. The summed E-state index contributed by atoms with van der Waals surface area (Å²) in [5.74, 6) is 0.146. The molecule has 1 N–H and O–H groups in total. The van der Waals surface area contributed by atoms with E-state index in [1.54, 1.807) is 7.11 Å². The molecule has 3 rings (SSSR count). The van der Waals surface area contributed by atoms with Crippen LogP contribution in [0.4, 0.5) is 5.69 Å². The van der Waals surface area contributed by atoms with Gasteiger partial charge in [0.2, 0.25) is 0 Å². The highest BCUT2D eigenvalue weighted by molar-refractivity contribution is 6.30. The van der Waals surface area contributed by atoms with Gasteiger partial charge in [-0.25, -0.2) is 0 Å². The second-order valence-electron chi connectivity index (χ2n) is 6.21. The van der Waals surface area contributed by atoms with Crippen LogP contribution in [0.1, 0.15) is 12.8 Å². The SMILES string of the molecule is COC1(C(=O)N2CCN(c3cccc(Cl)c3)CC2)CCNCC1.Cl. The van der Waals surface area contributed by atoms with Gasteiger partial charge >= 0.3 is 0 Å². The Morgan fingerprint density at radius 1 is 1.21 bits per heavy atom. The Morgan fingerprint density at radius 2 is 1.88 bits per heavy atom. The molecule has 5 nitrogen and oxygen atoms in total. The fourth-order valence-corrected chi connectivity index (χ4v) is 3.65. The predicted molar refractivity (Wildman–Crippen MR) is 99.3 cm³/mol. The van der Waals surface area contributed by atoms with Crippen molar-refractivity contribution in [3.63, 3.8) is 0 Å². The van der Waals surface area contributed by atoms with E-state index in [-0.39, 0.29) is 18.3 Å². The zero-order valence-electron chi connectivity index (χ0n) is 14.0. The molecule has 2 saturated heterocycles. The molecule has 0 unspecified atom stereocenters. The van der Waals surface area contributed by atoms with E-state index in [0.717, 1.165) is 62.8 Å². The number of methoxy groups -OCH3 is 1. The maximum Gasteiger partial charge on any atom is 0.255 e. The number of nitrogens with one attached hydrogen (secondary N) is 1. The van der Waals surface area contributed by atoms with Crippen molar-refractivity contribution in [1.29, 1.82) is 0 Å². The molecule has 2 aliphatic rings. The van der Waals surface area contributed by atoms with Crippen molar-refractivity contribution in [3.05, 3.63) is 29.3 Å². The first kappa shape index (κ1) is 19.3. The highest BCUT2D eigenvalue weighted by Crippen LogP contribution is 2.27. The summed E-state index contributed by atoms with van der Waals surface area (Å²) >= 11 is 6.07. The zero-order valence-corrected chi connectivity index (χ0v) is 15.5. The molecule has 134 valence electrons. The van der Waals surface area contributed by atoms with Crippen LogP contribution in [0.15, 0.2) is 24.3 Å². The van der Waals surface area contributed by atoms with Gasteiger partial charge in [0.1, 0.15) is 5.60 Å². The van der Waals surface area contributed by atoms with Gasteiger partial charge in [0.25, 0.3) is 5.91 Å². The van der Waals surface area contributed by atoms with E-state index in [1.165, 1.54) is 0 Å². The molecular weight excluding hydrogens is 349 g/mol. The van der Waals surface area contributed by atoms with Gasteiger partial charge in [0, 0.05) is 44.0 Å². The van der Waals surface area contributed by atoms with E-state index in [0.29, 0.717) is 0 Å². The van der Waals surface area contributed by atoms with Gasteiger partial charge in [-0.05, 0) is 44.1 Å². The number of hydrogen-bond donors (Lipinski definition) is 1. The molecule has 0 spiro atoms. The molecular formula is C17H25Cl2N3O2. The third-order valence-corrected chi connectivity index (χ3v) is 5.17. The molecule has 2 heterocycles. The summed E-state index contributed by atoms with van der Waals surface area (Å²) in [7, 11) is 1.66. The summed E-state index contributed by atoms with van der Waals surface area (Å²) in [4.78, 5) is 17.2. The third kappa shape index (κ3) is 3.97. The minimum absolute atomic E-state index is 0. The second-order valence-corrected chi connectivity index (χ2v) is 6.64. The summed E-state index contributed by atoms with van der Waals surface area (Å²) in [6.07, 6.45) is 1.49. The second kappa shape index (κ2) is 8.39. The molecule has 1 aromatic rings. The summed E-state index contributed by atoms with van der Waals surface area (Å²) in [6, 6.07) is 7.88. The van der Waals surface area contributed by atoms with Gasteiger partial charge in [-0.2, -0.15) is 0 Å². The van der Waals surface area contributed by atoms with E-state index in [1.807, 2.05) is 23.1 Å². The molecule has 1 aromatic carbocycles. The minimum atomic E-state index is -0.635. The standard InChI is InChI=1S/C17H24ClN3O2.ClH/c1-23-17(5-7-19-8-6-17)16(22)21-11-9-20(10-12-21)15-4-2-3-14(18)13-15;/h2-4,13,19H,5-12H2,1H3;1H. The summed E-state index contributed by atoms with van der Waals surface area (Å²) < 4.78 is 5.66. The lowest BCUT2D eigenvalue weighted by Gasteiger charge is -2.42. The average Bonchev–Trinajstić information content (AvgIpc) is 2.62. The van der Waals surface area contributed by atoms with Crippen LogP contribution < -0.4 is 10.2 Å². The van der Waals surface area contributed by atoms with E-state index in [9.17, 15) is 4.79 Å². The number of halogens is 2. The van der Waals surface area contributed by atoms with Crippen molar-refractivity contribution in [2.45, 2.75) is 18.4 Å². The molecule has 0 radical (unpaired) electrons. The Bertz CT molecular complexity index is 557. The number of amides is 1. The highest BCUT2D eigenvalue weighted by atomic mass is 35.5. The fraction of sp³-hybridized carbons (Fsp3) is 0.588. The van der Waals surface area contributed by atoms with Crippen LogP contribution in [0.5, 0.6) is 0 Å². The number of benzene rings is 1. The van der Waals surface area contributed by atoms with Crippen molar-refractivity contribution in [2.24, 2.45) is 0 Å². The van der Waals surface area contributed by atoms with Crippen LogP contribution in [0.25, 0.3) is 0 Å². The number of ether oxygens (including phenoxy) is 1. The van der Waals surface area contributed by atoms with Gasteiger partial charge in [-0.3, -0.25) is 4.79 Å². The number of carbonyl (C=O) groups is 1. The zero-order chi connectivity index (χ0) is 16.3. The monoisotopic (exact) mass is 373 g/mol. The van der Waals surface area contributed by atoms with Crippen LogP contribution in [0.2, 0.25) is 5.02 Å². The molecule has 0 aliphatic carbocycles. The van der Waals surface area contributed by atoms with Gasteiger partial charge in [-0.1, -0.05) is 17.7 Å². The smallest absolute Gasteiger partial charge is 0.255 e. The highest BCUT2D eigenvalue weighted by Gasteiger charge is 2.42. The molecule has 0 saturated carbocycles. The lowest BCUT2D eigenvalue weighted by atomic mass is 9.90. The van der Waals surface area contributed by atoms with Gasteiger partial charge < -0.3 is 19.9 Å². The minimum Gasteiger partial charge on any atom is -0.368 e. The van der Waals surface area contributed by atoms with Crippen molar-refractivity contribution in [3.8, 4) is 0 Å². The number of carbonyl (C=O) groups excluding carboxylic acids is 1. The molecule has 0 aromatic heterocycles. The van der Waals surface area contributed by atoms with E-state index < -0.39 is 5.60 Å². The quantitative estimate of drug-likeness (QED) is 0.881. The number of nitrogens with zero attached hydrogens (tertiary/aromatic N) is 2. The first-order chi connectivity index (χ1) is 11.1. The molecule has 2 fully saturated rings. The van der Waals surface area contributed by atoms with Crippen LogP contribution >= 0.6 is 24.0 Å². The first-order valence-electron chi connectivity index (χ1n) is 8.20.